The summed E-state index contributed by atoms with van der Waals surface area (Å²) in [6.07, 6.45) is 2.48. The fraction of sp³-hybridized carbons (Fsp3) is 0.727. The van der Waals surface area contributed by atoms with Crippen molar-refractivity contribution in [1.82, 2.24) is 0 Å². The van der Waals surface area contributed by atoms with Gasteiger partial charge in [-0.15, -0.1) is 0 Å². The van der Waals surface area contributed by atoms with Crippen molar-refractivity contribution in [2.45, 2.75) is 32.4 Å². The molecule has 0 rings (SSSR count). The lowest BCUT2D eigenvalue weighted by atomic mass is 10.2. The van der Waals surface area contributed by atoms with Crippen molar-refractivity contribution >= 4 is 29.7 Å². The third-order valence-corrected chi connectivity index (χ3v) is 2.27. The zero-order valence-corrected chi connectivity index (χ0v) is 13.0. The number of thioether (sulfide) groups is 1. The van der Waals surface area contributed by atoms with Crippen LogP contribution < -0.4 is 11.5 Å². The molecule has 0 spiro atoms. The van der Waals surface area contributed by atoms with Gasteiger partial charge in [-0.3, -0.25) is 14.4 Å². The molecule has 20 heavy (non-hydrogen) atoms. The molecule has 0 aliphatic rings. The van der Waals surface area contributed by atoms with Crippen LogP contribution in [0.3, 0.4) is 0 Å². The van der Waals surface area contributed by atoms with Crippen LogP contribution in [0.1, 0.15) is 20.3 Å². The number of hydrogen-bond acceptors (Lipinski definition) is 7. The smallest absolute Gasteiger partial charge is 0.320 e. The summed E-state index contributed by atoms with van der Waals surface area (Å²) in [5.41, 5.74) is 10.0. The summed E-state index contributed by atoms with van der Waals surface area (Å²) in [5, 5.41) is 16.1. The first kappa shape index (κ1) is 23.7. The molecule has 0 heterocycles. The molecule has 6 N–H and O–H groups in total. The van der Waals surface area contributed by atoms with Gasteiger partial charge in [-0.05, 0) is 25.4 Å². The van der Waals surface area contributed by atoms with Crippen LogP contribution in [0, 0.1) is 0 Å². The van der Waals surface area contributed by atoms with E-state index in [9.17, 15) is 14.4 Å². The van der Waals surface area contributed by atoms with Crippen molar-refractivity contribution < 1.29 is 29.3 Å². The number of carboxylic acids is 2. The monoisotopic (exact) mass is 312 g/mol. The number of ether oxygens (including phenoxy) is 1. The molecule has 0 fully saturated rings. The lowest BCUT2D eigenvalue weighted by Crippen LogP contribution is -2.30. The molecule has 0 radical (unpaired) electrons. The third-order valence-electron chi connectivity index (χ3n) is 1.63. The van der Waals surface area contributed by atoms with Crippen LogP contribution in [-0.4, -0.2) is 59.3 Å². The first-order valence-corrected chi connectivity index (χ1v) is 6.99. The van der Waals surface area contributed by atoms with Crippen LogP contribution in [0.2, 0.25) is 0 Å². The summed E-state index contributed by atoms with van der Waals surface area (Å²) in [7, 11) is 1.35. The predicted molar refractivity (Wildman–Crippen MR) is 77.6 cm³/mol. The van der Waals surface area contributed by atoms with Gasteiger partial charge in [-0.2, -0.15) is 11.8 Å². The Morgan fingerprint density at radius 3 is 1.70 bits per heavy atom. The van der Waals surface area contributed by atoms with E-state index in [0.717, 1.165) is 5.75 Å². The Balaban J connectivity index is -0.000000230. The number of carbonyl (C=O) groups is 3. The summed E-state index contributed by atoms with van der Waals surface area (Å²) in [6, 6.07) is -1.41. The van der Waals surface area contributed by atoms with Gasteiger partial charge in [0, 0.05) is 6.92 Å². The molecule has 0 saturated carbocycles. The van der Waals surface area contributed by atoms with E-state index in [4.69, 9.17) is 21.7 Å². The largest absolute Gasteiger partial charge is 0.480 e. The minimum atomic E-state index is -0.963. The van der Waals surface area contributed by atoms with Gasteiger partial charge < -0.3 is 26.4 Å². The highest BCUT2D eigenvalue weighted by Gasteiger charge is 2.08. The number of rotatable bonds is 5. The molecule has 0 aromatic rings. The van der Waals surface area contributed by atoms with Crippen molar-refractivity contribution in [1.29, 1.82) is 0 Å². The SMILES string of the molecule is CC(N)C(=O)O.COC(C)=O.CSCCC(N)C(=O)O. The van der Waals surface area contributed by atoms with Crippen molar-refractivity contribution in [3.63, 3.8) is 0 Å². The number of nitrogens with two attached hydrogens (primary N) is 2. The molecule has 0 amide bonds. The predicted octanol–water partition coefficient (Wildman–Crippen LogP) is -0.251. The Bertz CT molecular complexity index is 286. The molecular formula is C11H24N2O6S. The molecular weight excluding hydrogens is 288 g/mol. The van der Waals surface area contributed by atoms with Crippen molar-refractivity contribution in [3.05, 3.63) is 0 Å². The third kappa shape index (κ3) is 25.5. The topological polar surface area (TPSA) is 153 Å². The molecule has 8 nitrogen and oxygen atoms in total. The molecule has 0 aliphatic carbocycles. The van der Waals surface area contributed by atoms with Crippen molar-refractivity contribution in [3.8, 4) is 0 Å². The first-order valence-electron chi connectivity index (χ1n) is 5.60. The molecule has 0 bridgehead atoms. The van der Waals surface area contributed by atoms with E-state index in [2.05, 4.69) is 4.74 Å². The minimum Gasteiger partial charge on any atom is -0.480 e. The van der Waals surface area contributed by atoms with E-state index in [1.54, 1.807) is 11.8 Å². The fourth-order valence-electron chi connectivity index (χ4n) is 0.368. The standard InChI is InChI=1S/C5H11NO2S.C3H7NO2.C3H6O2/c1-9-3-2-4(6)5(7)8;1-2(4)3(5)6;1-3(4)5-2/h4H,2-3,6H2,1H3,(H,7,8);2H,4H2,1H3,(H,5,6);1-2H3. The van der Waals surface area contributed by atoms with E-state index >= 15 is 0 Å². The van der Waals surface area contributed by atoms with Gasteiger partial charge in [-0.1, -0.05) is 0 Å². The number of aliphatic carboxylic acids is 2. The Morgan fingerprint density at radius 1 is 1.20 bits per heavy atom. The lowest BCUT2D eigenvalue weighted by molar-refractivity contribution is -0.139. The van der Waals surface area contributed by atoms with Crippen LogP contribution in [-0.2, 0) is 19.1 Å². The van der Waals surface area contributed by atoms with E-state index in [1.807, 2.05) is 6.26 Å². The molecule has 9 heteroatoms. The van der Waals surface area contributed by atoms with Crippen molar-refractivity contribution in [2.75, 3.05) is 19.1 Å². The molecule has 0 saturated heterocycles. The maximum Gasteiger partial charge on any atom is 0.320 e. The molecule has 0 aliphatic heterocycles. The van der Waals surface area contributed by atoms with Gasteiger partial charge in [0.15, 0.2) is 0 Å². The maximum atomic E-state index is 10.1. The van der Waals surface area contributed by atoms with E-state index in [-0.39, 0.29) is 5.97 Å². The Kier molecular flexibility index (Phi) is 18.7. The molecule has 120 valence electrons. The van der Waals surface area contributed by atoms with Gasteiger partial charge in [0.25, 0.3) is 0 Å². The number of carboxylic acid groups (broad SMARTS) is 2. The van der Waals surface area contributed by atoms with E-state index < -0.39 is 24.0 Å². The van der Waals surface area contributed by atoms with Gasteiger partial charge in [-0.25, -0.2) is 0 Å². The van der Waals surface area contributed by atoms with Crippen LogP contribution in [0.5, 0.6) is 0 Å². The van der Waals surface area contributed by atoms with Gasteiger partial charge in [0.1, 0.15) is 12.1 Å². The first-order chi connectivity index (χ1) is 9.09. The van der Waals surface area contributed by atoms with Crippen molar-refractivity contribution in [2.24, 2.45) is 11.5 Å². The average Bonchev–Trinajstić information content (AvgIpc) is 2.36. The normalized spacial score (nSPS) is 11.7. The lowest BCUT2D eigenvalue weighted by Gasteiger charge is -2.02. The van der Waals surface area contributed by atoms with Crippen LogP contribution in [0.4, 0.5) is 0 Å². The number of carbonyl (C=O) groups excluding carboxylic acids is 1. The highest BCUT2D eigenvalue weighted by molar-refractivity contribution is 7.98. The highest BCUT2D eigenvalue weighted by Crippen LogP contribution is 1.97. The summed E-state index contributed by atoms with van der Waals surface area (Å²) in [6.45, 7) is 2.78. The van der Waals surface area contributed by atoms with Gasteiger partial charge in [0.2, 0.25) is 0 Å². The minimum absolute atomic E-state index is 0.245. The Labute approximate surface area is 122 Å². The number of hydrogen-bond donors (Lipinski definition) is 4. The Morgan fingerprint density at radius 2 is 1.55 bits per heavy atom. The molecule has 2 unspecified atom stereocenters. The summed E-state index contributed by atoms with van der Waals surface area (Å²) < 4.78 is 4.11. The van der Waals surface area contributed by atoms with E-state index in [1.165, 1.54) is 21.0 Å². The van der Waals surface area contributed by atoms with Gasteiger partial charge >= 0.3 is 17.9 Å². The van der Waals surface area contributed by atoms with Gasteiger partial charge in [0.05, 0.1) is 7.11 Å². The molecule has 2 atom stereocenters. The average molecular weight is 312 g/mol. The number of methoxy groups -OCH3 is 1. The zero-order valence-electron chi connectivity index (χ0n) is 12.2. The fourth-order valence-corrected chi connectivity index (χ4v) is 0.858. The van der Waals surface area contributed by atoms with Crippen LogP contribution in [0.25, 0.3) is 0 Å². The second-order valence-electron chi connectivity index (χ2n) is 3.55. The highest BCUT2D eigenvalue weighted by atomic mass is 32.2. The summed E-state index contributed by atoms with van der Waals surface area (Å²) in [5.74, 6) is -1.31. The second-order valence-corrected chi connectivity index (χ2v) is 4.53. The number of esters is 1. The van der Waals surface area contributed by atoms with E-state index in [0.29, 0.717) is 6.42 Å². The second kappa shape index (κ2) is 15.7. The molecule has 0 aromatic carbocycles. The van der Waals surface area contributed by atoms with Crippen LogP contribution >= 0.6 is 11.8 Å². The summed E-state index contributed by atoms with van der Waals surface area (Å²) >= 11 is 1.60. The van der Waals surface area contributed by atoms with Crippen LogP contribution in [0.15, 0.2) is 0 Å². The maximum absolute atomic E-state index is 10.1. The quantitative estimate of drug-likeness (QED) is 0.503. The summed E-state index contributed by atoms with van der Waals surface area (Å²) in [4.78, 5) is 29.2. The zero-order chi connectivity index (χ0) is 16.7. The Hall–Kier alpha value is -1.32. The molecule has 0 aromatic heterocycles.